The van der Waals surface area contributed by atoms with Crippen LogP contribution in [0.25, 0.3) is 0 Å². The average molecular weight is 322 g/mol. The van der Waals surface area contributed by atoms with E-state index < -0.39 is 5.97 Å². The smallest absolute Gasteiger partial charge is 0.343 e. The average Bonchev–Trinajstić information content (AvgIpc) is 2.50. The highest BCUT2D eigenvalue weighted by Gasteiger charge is 2.14. The molecule has 0 unspecified atom stereocenters. The molecule has 106 valence electrons. The molecule has 0 aliphatic heterocycles. The Kier molecular flexibility index (Phi) is 4.69. The minimum atomic E-state index is -0.600. The molecule has 0 saturated carbocycles. The van der Waals surface area contributed by atoms with Gasteiger partial charge in [0, 0.05) is 6.07 Å². The fraction of sp³-hybridized carbons (Fsp3) is 0.0667. The molecule has 2 aromatic carbocycles. The van der Waals surface area contributed by atoms with Crippen LogP contribution in [-0.2, 0) is 0 Å². The third kappa shape index (κ3) is 3.46. The van der Waals surface area contributed by atoms with Crippen LogP contribution in [0.5, 0.6) is 11.5 Å². The number of ether oxygens (including phenoxy) is 2. The molecule has 0 aliphatic carbocycles. The van der Waals surface area contributed by atoms with Crippen LogP contribution in [0.2, 0.25) is 10.0 Å². The second-order valence-corrected chi connectivity index (χ2v) is 4.81. The highest BCUT2D eigenvalue weighted by atomic mass is 35.5. The van der Waals surface area contributed by atoms with E-state index in [9.17, 15) is 4.79 Å². The summed E-state index contributed by atoms with van der Waals surface area (Å²) >= 11 is 11.7. The molecule has 0 N–H and O–H groups in total. The van der Waals surface area contributed by atoms with Gasteiger partial charge in [-0.3, -0.25) is 0 Å². The Morgan fingerprint density at radius 2 is 1.86 bits per heavy atom. The Bertz CT molecular complexity index is 738. The monoisotopic (exact) mass is 321 g/mol. The molecule has 0 spiro atoms. The molecule has 4 nitrogen and oxygen atoms in total. The molecule has 21 heavy (non-hydrogen) atoms. The Morgan fingerprint density at radius 1 is 1.10 bits per heavy atom. The van der Waals surface area contributed by atoms with E-state index in [1.807, 2.05) is 6.07 Å². The van der Waals surface area contributed by atoms with Crippen LogP contribution in [0.15, 0.2) is 36.4 Å². The van der Waals surface area contributed by atoms with Crippen molar-refractivity contribution in [2.24, 2.45) is 0 Å². The molecule has 0 amide bonds. The second-order valence-electron chi connectivity index (χ2n) is 4.00. The third-order valence-electron chi connectivity index (χ3n) is 2.65. The van der Waals surface area contributed by atoms with Crippen molar-refractivity contribution in [3.05, 3.63) is 57.6 Å². The zero-order valence-electron chi connectivity index (χ0n) is 10.9. The largest absolute Gasteiger partial charge is 0.493 e. The van der Waals surface area contributed by atoms with Gasteiger partial charge in [-0.1, -0.05) is 23.2 Å². The summed E-state index contributed by atoms with van der Waals surface area (Å²) in [5, 5.41) is 9.44. The molecule has 0 atom stereocenters. The minimum absolute atomic E-state index is 0.215. The van der Waals surface area contributed by atoms with Crippen molar-refractivity contribution < 1.29 is 14.3 Å². The van der Waals surface area contributed by atoms with Crippen molar-refractivity contribution in [1.29, 1.82) is 5.26 Å². The number of nitrogens with zero attached hydrogens (tertiary/aromatic N) is 1. The lowest BCUT2D eigenvalue weighted by atomic mass is 10.2. The Morgan fingerprint density at radius 3 is 2.48 bits per heavy atom. The van der Waals surface area contributed by atoms with Gasteiger partial charge in [0.05, 0.1) is 34.4 Å². The van der Waals surface area contributed by atoms with Gasteiger partial charge in [-0.2, -0.15) is 5.26 Å². The summed E-state index contributed by atoms with van der Waals surface area (Å²) in [6, 6.07) is 10.9. The summed E-state index contributed by atoms with van der Waals surface area (Å²) in [4.78, 5) is 12.1. The predicted molar refractivity (Wildman–Crippen MR) is 79.1 cm³/mol. The number of nitriles is 1. The number of methoxy groups -OCH3 is 1. The molecule has 0 fully saturated rings. The van der Waals surface area contributed by atoms with E-state index in [0.717, 1.165) is 0 Å². The number of esters is 1. The molecule has 0 heterocycles. The molecule has 0 aliphatic rings. The van der Waals surface area contributed by atoms with Gasteiger partial charge < -0.3 is 9.47 Å². The summed E-state index contributed by atoms with van der Waals surface area (Å²) in [7, 11) is 1.42. The van der Waals surface area contributed by atoms with Crippen molar-refractivity contribution in [2.75, 3.05) is 7.11 Å². The normalized spacial score (nSPS) is 9.81. The van der Waals surface area contributed by atoms with Gasteiger partial charge in [-0.05, 0) is 30.3 Å². The molecule has 6 heteroatoms. The van der Waals surface area contributed by atoms with Crippen LogP contribution in [0.3, 0.4) is 0 Å². The number of halogens is 2. The molecular formula is C15H9Cl2NO3. The zero-order valence-corrected chi connectivity index (χ0v) is 12.4. The lowest BCUT2D eigenvalue weighted by molar-refractivity contribution is 0.0729. The van der Waals surface area contributed by atoms with Crippen LogP contribution in [-0.4, -0.2) is 13.1 Å². The first kappa shape index (κ1) is 15.2. The molecule has 2 rings (SSSR count). The van der Waals surface area contributed by atoms with Gasteiger partial charge in [0.15, 0.2) is 11.5 Å². The Hall–Kier alpha value is -2.22. The molecule has 2 aromatic rings. The first-order valence-corrected chi connectivity index (χ1v) is 6.56. The maximum Gasteiger partial charge on any atom is 0.343 e. The first-order valence-electron chi connectivity index (χ1n) is 5.80. The molecule has 0 aromatic heterocycles. The van der Waals surface area contributed by atoms with Crippen molar-refractivity contribution in [1.82, 2.24) is 0 Å². The van der Waals surface area contributed by atoms with Crippen LogP contribution in [0.1, 0.15) is 15.9 Å². The maximum absolute atomic E-state index is 12.1. The van der Waals surface area contributed by atoms with E-state index in [-0.39, 0.29) is 16.3 Å². The highest BCUT2D eigenvalue weighted by molar-refractivity contribution is 6.42. The van der Waals surface area contributed by atoms with Crippen LogP contribution in [0.4, 0.5) is 0 Å². The summed E-state index contributed by atoms with van der Waals surface area (Å²) in [6.07, 6.45) is 0. The standard InChI is InChI=1S/C15H9Cl2NO3/c1-20-14-6-9(8-18)2-5-13(14)21-15(19)10-3-4-11(16)12(17)7-10/h2-7H,1H3. The van der Waals surface area contributed by atoms with Gasteiger partial charge >= 0.3 is 5.97 Å². The highest BCUT2D eigenvalue weighted by Crippen LogP contribution is 2.29. The topological polar surface area (TPSA) is 59.3 Å². The number of carbonyl (C=O) groups is 1. The quantitative estimate of drug-likeness (QED) is 0.631. The van der Waals surface area contributed by atoms with E-state index in [2.05, 4.69) is 0 Å². The van der Waals surface area contributed by atoms with Gasteiger partial charge in [-0.25, -0.2) is 4.79 Å². The SMILES string of the molecule is COc1cc(C#N)ccc1OC(=O)c1ccc(Cl)c(Cl)c1. The van der Waals surface area contributed by atoms with Crippen molar-refractivity contribution in [3.8, 4) is 17.6 Å². The van der Waals surface area contributed by atoms with E-state index in [0.29, 0.717) is 16.3 Å². The van der Waals surface area contributed by atoms with Crippen LogP contribution in [0, 0.1) is 11.3 Å². The number of hydrogen-bond donors (Lipinski definition) is 0. The second kappa shape index (κ2) is 6.49. The molecule has 0 radical (unpaired) electrons. The summed E-state index contributed by atoms with van der Waals surface area (Å²) in [5.41, 5.74) is 0.664. The number of rotatable bonds is 3. The number of carbonyl (C=O) groups excluding carboxylic acids is 1. The first-order chi connectivity index (χ1) is 10.0. The van der Waals surface area contributed by atoms with Crippen LogP contribution >= 0.6 is 23.2 Å². The summed E-state index contributed by atoms with van der Waals surface area (Å²) in [5.74, 6) is -0.0911. The van der Waals surface area contributed by atoms with Crippen molar-refractivity contribution in [2.45, 2.75) is 0 Å². The van der Waals surface area contributed by atoms with Gasteiger partial charge in [0.1, 0.15) is 0 Å². The van der Waals surface area contributed by atoms with Crippen molar-refractivity contribution >= 4 is 29.2 Å². The third-order valence-corrected chi connectivity index (χ3v) is 3.39. The van der Waals surface area contributed by atoms with Gasteiger partial charge in [0.25, 0.3) is 0 Å². The molecule has 0 saturated heterocycles. The van der Waals surface area contributed by atoms with Crippen molar-refractivity contribution in [3.63, 3.8) is 0 Å². The molecular weight excluding hydrogens is 313 g/mol. The lowest BCUT2D eigenvalue weighted by Gasteiger charge is -2.09. The summed E-state index contributed by atoms with van der Waals surface area (Å²) < 4.78 is 10.3. The van der Waals surface area contributed by atoms with E-state index in [1.165, 1.54) is 43.5 Å². The Balaban J connectivity index is 2.27. The van der Waals surface area contributed by atoms with Gasteiger partial charge in [0.2, 0.25) is 0 Å². The van der Waals surface area contributed by atoms with E-state index >= 15 is 0 Å². The van der Waals surface area contributed by atoms with Gasteiger partial charge in [-0.15, -0.1) is 0 Å². The van der Waals surface area contributed by atoms with E-state index in [4.69, 9.17) is 37.9 Å². The van der Waals surface area contributed by atoms with Crippen LogP contribution < -0.4 is 9.47 Å². The lowest BCUT2D eigenvalue weighted by Crippen LogP contribution is -2.09. The number of hydrogen-bond acceptors (Lipinski definition) is 4. The zero-order chi connectivity index (χ0) is 15.4. The Labute approximate surface area is 131 Å². The summed E-state index contributed by atoms with van der Waals surface area (Å²) in [6.45, 7) is 0. The fourth-order valence-corrected chi connectivity index (χ4v) is 1.90. The maximum atomic E-state index is 12.1. The molecule has 0 bridgehead atoms. The van der Waals surface area contributed by atoms with E-state index in [1.54, 1.807) is 0 Å². The predicted octanol–water partition coefficient (Wildman–Crippen LogP) is 4.09. The fourth-order valence-electron chi connectivity index (χ4n) is 1.60. The minimum Gasteiger partial charge on any atom is -0.493 e. The number of benzene rings is 2.